The van der Waals surface area contributed by atoms with Crippen LogP contribution in [0.2, 0.25) is 0 Å². The number of carboxylic acid groups (broad SMARTS) is 1. The van der Waals surface area contributed by atoms with E-state index in [2.05, 4.69) is 43.4 Å². The molecule has 1 N–H and O–H groups in total. The molecule has 0 saturated carbocycles. The fraction of sp³-hybridized carbons (Fsp3) is 0.545. The number of carbonyl (C=O) groups excluding carboxylic acids is 1. The molecule has 0 unspecified atom stereocenters. The van der Waals surface area contributed by atoms with Crippen LogP contribution in [0.4, 0.5) is 0 Å². The summed E-state index contributed by atoms with van der Waals surface area (Å²) in [5, 5.41) is 8.64. The molecule has 0 heterocycles. The Morgan fingerprint density at radius 1 is 0.852 bits per heavy atom. The van der Waals surface area contributed by atoms with Gasteiger partial charge in [0.1, 0.15) is 6.26 Å². The monoisotopic (exact) mass is 425 g/mol. The number of rotatable bonds is 15. The fourth-order valence-electron chi connectivity index (χ4n) is 2.15. The third kappa shape index (κ3) is 20.6. The summed E-state index contributed by atoms with van der Waals surface area (Å²) < 4.78 is 4.78. The number of allylic oxidation sites excluding steroid dienone is 6. The van der Waals surface area contributed by atoms with Crippen molar-refractivity contribution in [3.8, 4) is 0 Å². The topological polar surface area (TPSA) is 63.6 Å². The third-order valence-corrected chi connectivity index (χ3v) is 3.74. The predicted molar refractivity (Wildman–Crippen MR) is 107 cm³/mol. The van der Waals surface area contributed by atoms with E-state index in [4.69, 9.17) is 9.84 Å². The van der Waals surface area contributed by atoms with Crippen LogP contribution in [0, 0.1) is 0 Å². The summed E-state index contributed by atoms with van der Waals surface area (Å²) in [6.45, 7) is 3.53. The Morgan fingerprint density at radius 2 is 1.41 bits per heavy atom. The van der Waals surface area contributed by atoms with Crippen LogP contribution in [0.1, 0.15) is 78.1 Å². The van der Waals surface area contributed by atoms with Crippen LogP contribution < -0.4 is 0 Å². The van der Waals surface area contributed by atoms with E-state index >= 15 is 0 Å². The maximum atomic E-state index is 11.4. The first-order valence-electron chi connectivity index (χ1n) is 9.62. The van der Waals surface area contributed by atoms with E-state index in [0.29, 0.717) is 6.42 Å². The number of unbranched alkanes of at least 4 members (excludes halogenated alkanes) is 5. The van der Waals surface area contributed by atoms with Crippen LogP contribution in [-0.4, -0.2) is 17.0 Å². The molecule has 4 nitrogen and oxygen atoms in total. The van der Waals surface area contributed by atoms with Crippen LogP contribution in [0.25, 0.3) is 0 Å². The van der Waals surface area contributed by atoms with Crippen LogP contribution in [0.15, 0.2) is 48.3 Å². The average Bonchev–Trinajstić information content (AvgIpc) is 2.62. The van der Waals surface area contributed by atoms with Crippen molar-refractivity contribution in [1.29, 1.82) is 0 Å². The second kappa shape index (κ2) is 20.7. The summed E-state index contributed by atoms with van der Waals surface area (Å²) in [5.74, 6) is -1.45. The van der Waals surface area contributed by atoms with Gasteiger partial charge in [0.25, 0.3) is 0 Å². The zero-order valence-corrected chi connectivity index (χ0v) is 17.5. The maximum absolute atomic E-state index is 11.4. The first-order valence-corrected chi connectivity index (χ1v) is 9.62. The van der Waals surface area contributed by atoms with Gasteiger partial charge in [0, 0.05) is 23.5 Å². The van der Waals surface area contributed by atoms with E-state index < -0.39 is 5.97 Å². The molecule has 0 fully saturated rings. The minimum atomic E-state index is -1.08. The van der Waals surface area contributed by atoms with Gasteiger partial charge in [-0.25, -0.2) is 4.79 Å². The molecule has 0 bridgehead atoms. The number of hydrogen-bond donors (Lipinski definition) is 1. The SMILES string of the molecule is CC/C=C\C/C=C\C/C=C\CCCCCCCC(=O)OC=C(C)C(=O)O.[Cu]. The Morgan fingerprint density at radius 3 is 2.04 bits per heavy atom. The fourth-order valence-corrected chi connectivity index (χ4v) is 2.15. The number of ether oxygens (including phenoxy) is 1. The van der Waals surface area contributed by atoms with Gasteiger partial charge in [-0.2, -0.15) is 0 Å². The van der Waals surface area contributed by atoms with Gasteiger partial charge >= 0.3 is 11.9 Å². The van der Waals surface area contributed by atoms with E-state index in [1.165, 1.54) is 13.3 Å². The third-order valence-electron chi connectivity index (χ3n) is 3.74. The molecular formula is C22H34CuO4. The Hall–Kier alpha value is -1.58. The zero-order chi connectivity index (χ0) is 19.5. The standard InChI is InChI=1S/C22H34O4.Cu/c1-3-4-5-6-7-8-9-10-11-12-13-14-15-16-17-18-21(23)26-19-20(2)22(24)25;/h4-5,7-8,10-11,19H,3,6,9,12-18H2,1-2H3,(H,24,25);/b5-4-,8-7-,11-10-,20-19?;. The minimum absolute atomic E-state index is 0. The summed E-state index contributed by atoms with van der Waals surface area (Å²) in [6, 6.07) is 0. The molecule has 0 atom stereocenters. The Labute approximate surface area is 174 Å². The van der Waals surface area contributed by atoms with E-state index in [-0.39, 0.29) is 28.6 Å². The van der Waals surface area contributed by atoms with E-state index in [1.54, 1.807) is 0 Å². The van der Waals surface area contributed by atoms with E-state index in [9.17, 15) is 9.59 Å². The second-order valence-corrected chi connectivity index (χ2v) is 6.20. The molecule has 0 spiro atoms. The van der Waals surface area contributed by atoms with Gasteiger partial charge in [-0.1, -0.05) is 62.6 Å². The molecule has 0 aliphatic heterocycles. The summed E-state index contributed by atoms with van der Waals surface area (Å²) in [6.07, 6.45) is 24.0. The quantitative estimate of drug-likeness (QED) is 0.0858. The van der Waals surface area contributed by atoms with E-state index in [1.807, 2.05) is 0 Å². The molecule has 0 aromatic carbocycles. The van der Waals surface area contributed by atoms with Gasteiger partial charge in [0.05, 0.1) is 5.57 Å². The normalized spacial score (nSPS) is 12.0. The van der Waals surface area contributed by atoms with Crippen molar-refractivity contribution in [2.45, 2.75) is 78.1 Å². The Balaban J connectivity index is 0. The number of carboxylic acids is 1. The molecule has 157 valence electrons. The van der Waals surface area contributed by atoms with Gasteiger partial charge in [-0.15, -0.1) is 0 Å². The van der Waals surface area contributed by atoms with Crippen molar-refractivity contribution in [3.63, 3.8) is 0 Å². The molecule has 0 rings (SSSR count). The molecule has 5 heteroatoms. The largest absolute Gasteiger partial charge is 0.478 e. The van der Waals surface area contributed by atoms with Gasteiger partial charge in [-0.3, -0.25) is 4.79 Å². The molecule has 0 aliphatic carbocycles. The second-order valence-electron chi connectivity index (χ2n) is 6.20. The van der Waals surface area contributed by atoms with Crippen LogP contribution in [0.3, 0.4) is 0 Å². The smallest absolute Gasteiger partial charge is 0.334 e. The Bertz CT molecular complexity index is 504. The number of hydrogen-bond acceptors (Lipinski definition) is 3. The van der Waals surface area contributed by atoms with Crippen LogP contribution >= 0.6 is 0 Å². The van der Waals surface area contributed by atoms with Crippen molar-refractivity contribution >= 4 is 11.9 Å². The van der Waals surface area contributed by atoms with Crippen molar-refractivity contribution in [2.75, 3.05) is 0 Å². The van der Waals surface area contributed by atoms with E-state index in [0.717, 1.165) is 57.6 Å². The molecular weight excluding hydrogens is 392 g/mol. The molecule has 0 aliphatic rings. The molecule has 0 aromatic heterocycles. The predicted octanol–water partition coefficient (Wildman–Crippen LogP) is 6.11. The van der Waals surface area contributed by atoms with Crippen LogP contribution in [-0.2, 0) is 31.4 Å². The first kappa shape index (κ1) is 27.6. The van der Waals surface area contributed by atoms with Gasteiger partial charge in [-0.05, 0) is 45.4 Å². The minimum Gasteiger partial charge on any atom is -0.478 e. The van der Waals surface area contributed by atoms with Gasteiger partial charge < -0.3 is 9.84 Å². The van der Waals surface area contributed by atoms with Crippen molar-refractivity contribution in [1.82, 2.24) is 0 Å². The Kier molecular flexibility index (Phi) is 21.2. The molecule has 1 radical (unpaired) electrons. The van der Waals surface area contributed by atoms with Crippen molar-refractivity contribution in [3.05, 3.63) is 48.3 Å². The molecule has 27 heavy (non-hydrogen) atoms. The van der Waals surface area contributed by atoms with Crippen LogP contribution in [0.5, 0.6) is 0 Å². The number of esters is 1. The summed E-state index contributed by atoms with van der Waals surface area (Å²) in [7, 11) is 0. The molecule has 0 saturated heterocycles. The molecule has 0 amide bonds. The molecule has 0 aromatic rings. The summed E-state index contributed by atoms with van der Waals surface area (Å²) in [4.78, 5) is 22.0. The zero-order valence-electron chi connectivity index (χ0n) is 16.6. The van der Waals surface area contributed by atoms with Crippen molar-refractivity contribution < 1.29 is 36.5 Å². The van der Waals surface area contributed by atoms with Gasteiger partial charge in [0.2, 0.25) is 0 Å². The maximum Gasteiger partial charge on any atom is 0.334 e. The first-order chi connectivity index (χ1) is 12.6. The summed E-state index contributed by atoms with van der Waals surface area (Å²) >= 11 is 0. The summed E-state index contributed by atoms with van der Waals surface area (Å²) in [5.41, 5.74) is 0.0234. The average molecular weight is 426 g/mol. The number of carbonyl (C=O) groups is 2. The van der Waals surface area contributed by atoms with Crippen molar-refractivity contribution in [2.24, 2.45) is 0 Å². The van der Waals surface area contributed by atoms with Gasteiger partial charge in [0.15, 0.2) is 0 Å². The number of aliphatic carboxylic acids is 1.